The van der Waals surface area contributed by atoms with Crippen molar-refractivity contribution in [2.24, 2.45) is 0 Å². The van der Waals surface area contributed by atoms with Crippen LogP contribution >= 0.6 is 11.6 Å². The van der Waals surface area contributed by atoms with Crippen molar-refractivity contribution in [1.82, 2.24) is 4.57 Å². The third-order valence-corrected chi connectivity index (χ3v) is 2.95. The highest BCUT2D eigenvalue weighted by atomic mass is 35.5. The number of hydrogen-bond donors (Lipinski definition) is 0. The van der Waals surface area contributed by atoms with Crippen molar-refractivity contribution < 1.29 is 23.5 Å². The van der Waals surface area contributed by atoms with Crippen molar-refractivity contribution in [3.8, 4) is 5.75 Å². The number of rotatable bonds is 4. The van der Waals surface area contributed by atoms with Crippen LogP contribution in [0.3, 0.4) is 0 Å². The number of hydrogen-bond acceptors (Lipinski definition) is 7. The van der Waals surface area contributed by atoms with Gasteiger partial charge in [-0.2, -0.15) is 0 Å². The molecule has 0 spiro atoms. The Bertz CT molecular complexity index is 852. The van der Waals surface area contributed by atoms with Gasteiger partial charge in [-0.3, -0.25) is 9.59 Å². The number of nitrogens with zero attached hydrogens (tertiary/aromatic N) is 1. The summed E-state index contributed by atoms with van der Waals surface area (Å²) in [5.41, 5.74) is -0.865. The van der Waals surface area contributed by atoms with Crippen LogP contribution in [-0.4, -0.2) is 23.1 Å². The number of ether oxygens (including phenoxy) is 2. The highest BCUT2D eigenvalue weighted by Crippen LogP contribution is 2.22. The Morgan fingerprint density at radius 3 is 2.68 bits per heavy atom. The van der Waals surface area contributed by atoms with E-state index in [-0.39, 0.29) is 29.7 Å². The van der Waals surface area contributed by atoms with Gasteiger partial charge in [0.15, 0.2) is 11.3 Å². The third-order valence-electron chi connectivity index (χ3n) is 2.76. The summed E-state index contributed by atoms with van der Waals surface area (Å²) in [5, 5.41) is -0.669. The van der Waals surface area contributed by atoms with Gasteiger partial charge in [0.25, 0.3) is 5.56 Å². The van der Waals surface area contributed by atoms with Crippen molar-refractivity contribution in [2.45, 2.75) is 13.0 Å². The van der Waals surface area contributed by atoms with Crippen LogP contribution in [0.4, 0.5) is 4.79 Å². The van der Waals surface area contributed by atoms with Crippen LogP contribution in [0.5, 0.6) is 5.75 Å². The number of methoxy groups -OCH3 is 1. The summed E-state index contributed by atoms with van der Waals surface area (Å²) in [6, 6.07) is 4.18. The maximum atomic E-state index is 12.2. The summed E-state index contributed by atoms with van der Waals surface area (Å²) >= 11 is 5.19. The Labute approximate surface area is 127 Å². The molecule has 2 rings (SSSR count). The molecule has 0 bridgehead atoms. The molecule has 116 valence electrons. The molecule has 0 aliphatic rings. The number of aromatic nitrogens is 1. The van der Waals surface area contributed by atoms with Gasteiger partial charge in [0, 0.05) is 13.0 Å². The summed E-state index contributed by atoms with van der Waals surface area (Å²) in [4.78, 5) is 46.0. The lowest BCUT2D eigenvalue weighted by Gasteiger charge is -2.07. The highest BCUT2D eigenvalue weighted by molar-refractivity contribution is 6.63. The molecule has 2 aromatic rings. The molecule has 9 heteroatoms. The van der Waals surface area contributed by atoms with E-state index in [2.05, 4.69) is 4.74 Å². The summed E-state index contributed by atoms with van der Waals surface area (Å²) in [7, 11) is 1.11. The van der Waals surface area contributed by atoms with Crippen molar-refractivity contribution in [3.05, 3.63) is 39.1 Å². The average molecular weight is 328 g/mol. The molecule has 0 fully saturated rings. The Morgan fingerprint density at radius 2 is 2.05 bits per heavy atom. The largest absolute Gasteiger partial charge is 0.513 e. The van der Waals surface area contributed by atoms with Crippen LogP contribution in [0.15, 0.2) is 32.2 Å². The zero-order valence-corrected chi connectivity index (χ0v) is 12.1. The number of carbonyl (C=O) groups excluding carboxylic acids is 2. The molecule has 0 unspecified atom stereocenters. The Balaban J connectivity index is 2.58. The van der Waals surface area contributed by atoms with Gasteiger partial charge in [0.1, 0.15) is 0 Å². The van der Waals surface area contributed by atoms with Gasteiger partial charge in [0.2, 0.25) is 5.24 Å². The van der Waals surface area contributed by atoms with Crippen LogP contribution in [0.25, 0.3) is 11.0 Å². The van der Waals surface area contributed by atoms with Crippen molar-refractivity contribution in [2.75, 3.05) is 7.11 Å². The van der Waals surface area contributed by atoms with E-state index in [1.54, 1.807) is 0 Å². The number of para-hydroxylation sites is 1. The summed E-state index contributed by atoms with van der Waals surface area (Å²) in [6.07, 6.45) is -1.22. The molecular weight excluding hydrogens is 318 g/mol. The fourth-order valence-corrected chi connectivity index (χ4v) is 1.85. The van der Waals surface area contributed by atoms with Gasteiger partial charge >= 0.3 is 11.9 Å². The SMILES string of the molecule is COC(=O)Oc1cccc2c(=O)n(CCC(=O)Cl)c(=O)oc12. The first kappa shape index (κ1) is 15.8. The van der Waals surface area contributed by atoms with E-state index < -0.39 is 22.7 Å². The zero-order valence-electron chi connectivity index (χ0n) is 11.3. The Morgan fingerprint density at radius 1 is 1.32 bits per heavy atom. The lowest BCUT2D eigenvalue weighted by atomic mass is 10.2. The van der Waals surface area contributed by atoms with Gasteiger partial charge in [-0.1, -0.05) is 6.07 Å². The second-order valence-electron chi connectivity index (χ2n) is 4.12. The normalized spacial score (nSPS) is 10.5. The number of carbonyl (C=O) groups is 2. The van der Waals surface area contributed by atoms with E-state index in [0.29, 0.717) is 0 Å². The Hall–Kier alpha value is -2.61. The van der Waals surface area contributed by atoms with E-state index in [9.17, 15) is 19.2 Å². The summed E-state index contributed by atoms with van der Waals surface area (Å²) in [5.74, 6) is -1.12. The van der Waals surface area contributed by atoms with Gasteiger partial charge in [-0.15, -0.1) is 0 Å². The fraction of sp³-hybridized carbons (Fsp3) is 0.231. The molecule has 0 amide bonds. The first-order valence-electron chi connectivity index (χ1n) is 6.05. The van der Waals surface area contributed by atoms with E-state index in [1.807, 2.05) is 0 Å². The zero-order chi connectivity index (χ0) is 16.3. The van der Waals surface area contributed by atoms with Crippen LogP contribution in [0, 0.1) is 0 Å². The second kappa shape index (κ2) is 6.44. The second-order valence-corrected chi connectivity index (χ2v) is 4.54. The van der Waals surface area contributed by atoms with E-state index in [4.69, 9.17) is 20.8 Å². The summed E-state index contributed by atoms with van der Waals surface area (Å²) < 4.78 is 14.9. The molecule has 0 aliphatic carbocycles. The number of halogens is 1. The number of benzene rings is 1. The predicted octanol–water partition coefficient (Wildman–Crippen LogP) is 1.26. The maximum Gasteiger partial charge on any atom is 0.513 e. The monoisotopic (exact) mass is 327 g/mol. The van der Waals surface area contributed by atoms with Crippen LogP contribution in [0.2, 0.25) is 0 Å². The van der Waals surface area contributed by atoms with E-state index in [1.165, 1.54) is 18.2 Å². The van der Waals surface area contributed by atoms with Crippen molar-refractivity contribution >= 4 is 34.0 Å². The van der Waals surface area contributed by atoms with Crippen molar-refractivity contribution in [3.63, 3.8) is 0 Å². The maximum absolute atomic E-state index is 12.2. The molecule has 0 N–H and O–H groups in total. The van der Waals surface area contributed by atoms with Crippen LogP contribution in [-0.2, 0) is 16.1 Å². The third kappa shape index (κ3) is 3.17. The Kier molecular flexibility index (Phi) is 4.62. The van der Waals surface area contributed by atoms with Gasteiger partial charge in [0.05, 0.1) is 12.5 Å². The standard InChI is InChI=1S/C13H10ClNO7/c1-20-13(19)21-8-4-2-3-7-10(8)22-12(18)15(11(7)17)6-5-9(14)16/h2-4H,5-6H2,1H3. The molecule has 1 aromatic heterocycles. The lowest BCUT2D eigenvalue weighted by Crippen LogP contribution is -2.33. The molecule has 0 aliphatic heterocycles. The van der Waals surface area contributed by atoms with Gasteiger partial charge in [-0.05, 0) is 23.7 Å². The van der Waals surface area contributed by atoms with Gasteiger partial charge in [-0.25, -0.2) is 14.2 Å². The molecule has 0 saturated heterocycles. The van der Waals surface area contributed by atoms with Crippen LogP contribution < -0.4 is 16.1 Å². The first-order chi connectivity index (χ1) is 10.4. The average Bonchev–Trinajstić information content (AvgIpc) is 2.47. The molecule has 8 nitrogen and oxygen atoms in total. The molecule has 0 radical (unpaired) electrons. The fourth-order valence-electron chi connectivity index (χ4n) is 1.76. The van der Waals surface area contributed by atoms with Crippen LogP contribution in [0.1, 0.15) is 6.42 Å². The lowest BCUT2D eigenvalue weighted by molar-refractivity contribution is -0.111. The topological polar surface area (TPSA) is 105 Å². The molecule has 1 aromatic carbocycles. The summed E-state index contributed by atoms with van der Waals surface area (Å²) in [6.45, 7) is -0.207. The smallest absolute Gasteiger partial charge is 0.437 e. The quantitative estimate of drug-likeness (QED) is 0.473. The first-order valence-corrected chi connectivity index (χ1v) is 6.42. The highest BCUT2D eigenvalue weighted by Gasteiger charge is 2.16. The molecular formula is C13H10ClNO7. The van der Waals surface area contributed by atoms with Gasteiger partial charge < -0.3 is 13.9 Å². The molecule has 0 saturated carbocycles. The molecule has 0 atom stereocenters. The minimum absolute atomic E-state index is 0.0167. The van der Waals surface area contributed by atoms with E-state index in [0.717, 1.165) is 11.7 Å². The molecule has 22 heavy (non-hydrogen) atoms. The number of fused-ring (bicyclic) bond motifs is 1. The molecule has 1 heterocycles. The predicted molar refractivity (Wildman–Crippen MR) is 75.3 cm³/mol. The minimum atomic E-state index is -1.02. The minimum Gasteiger partial charge on any atom is -0.437 e. The van der Waals surface area contributed by atoms with E-state index >= 15 is 0 Å². The van der Waals surface area contributed by atoms with Crippen molar-refractivity contribution in [1.29, 1.82) is 0 Å².